The zero-order chi connectivity index (χ0) is 7.68. The summed E-state index contributed by atoms with van der Waals surface area (Å²) in [6.45, 7) is 0. The lowest BCUT2D eigenvalue weighted by Crippen LogP contribution is -2.12. The number of hydrogen-bond donors (Lipinski definition) is 1. The number of rotatable bonds is 2. The summed E-state index contributed by atoms with van der Waals surface area (Å²) in [5, 5.41) is 4.63. The van der Waals surface area contributed by atoms with Gasteiger partial charge < -0.3 is 5.32 Å². The van der Waals surface area contributed by atoms with Crippen molar-refractivity contribution in [1.29, 1.82) is 0 Å². The average molecular weight is 168 g/mol. The van der Waals surface area contributed by atoms with Gasteiger partial charge in [0.1, 0.15) is 0 Å². The molecule has 0 aliphatic heterocycles. The molecule has 58 valence electrons. The molecule has 1 aliphatic rings. The third-order valence-corrected chi connectivity index (χ3v) is 2.23. The molecular weight excluding hydrogens is 160 g/mol. The number of nitrogens with one attached hydrogen (secondary N) is 1. The van der Waals surface area contributed by atoms with Crippen molar-refractivity contribution in [3.05, 3.63) is 11.6 Å². The summed E-state index contributed by atoms with van der Waals surface area (Å²) in [4.78, 5) is 11.1. The van der Waals surface area contributed by atoms with Gasteiger partial charge in [-0.15, -0.1) is 0 Å². The molecule has 1 amide bonds. The fourth-order valence-corrected chi connectivity index (χ4v) is 1.33. The maximum absolute atomic E-state index is 11.1. The van der Waals surface area contributed by atoms with Crippen molar-refractivity contribution in [2.24, 2.45) is 5.92 Å². The van der Waals surface area contributed by atoms with E-state index in [0.717, 1.165) is 18.5 Å². The Bertz CT molecular complexity index is 253. The Morgan fingerprint density at radius 1 is 1.73 bits per heavy atom. The van der Waals surface area contributed by atoms with Gasteiger partial charge in [-0.2, -0.15) is 4.37 Å². The molecule has 3 nitrogen and oxygen atoms in total. The second-order valence-electron chi connectivity index (χ2n) is 2.68. The number of carbonyl (C=O) groups is 1. The molecule has 2 rings (SSSR count). The number of aromatic nitrogens is 1. The molecule has 1 aromatic heterocycles. The number of anilines is 1. The molecular formula is C7H8N2OS. The Hall–Kier alpha value is -0.900. The lowest BCUT2D eigenvalue weighted by molar-refractivity contribution is -0.117. The summed E-state index contributed by atoms with van der Waals surface area (Å²) in [7, 11) is 0. The van der Waals surface area contributed by atoms with Gasteiger partial charge in [-0.3, -0.25) is 4.79 Å². The lowest BCUT2D eigenvalue weighted by atomic mass is 10.4. The smallest absolute Gasteiger partial charge is 0.227 e. The molecule has 4 heteroatoms. The summed E-state index contributed by atoms with van der Waals surface area (Å²) < 4.78 is 3.88. The highest BCUT2D eigenvalue weighted by Gasteiger charge is 2.29. The van der Waals surface area contributed by atoms with Crippen LogP contribution in [-0.2, 0) is 4.79 Å². The average Bonchev–Trinajstić information content (AvgIpc) is 2.73. The van der Waals surface area contributed by atoms with Crippen LogP contribution in [0.3, 0.4) is 0 Å². The molecule has 1 aromatic rings. The predicted molar refractivity (Wildman–Crippen MR) is 43.5 cm³/mol. The maximum atomic E-state index is 11.1. The van der Waals surface area contributed by atoms with Gasteiger partial charge in [-0.05, 0) is 24.4 Å². The molecule has 1 heterocycles. The van der Waals surface area contributed by atoms with E-state index in [9.17, 15) is 4.79 Å². The lowest BCUT2D eigenvalue weighted by Gasteiger charge is -1.97. The maximum Gasteiger partial charge on any atom is 0.227 e. The van der Waals surface area contributed by atoms with Crippen LogP contribution in [0, 0.1) is 5.92 Å². The van der Waals surface area contributed by atoms with Gasteiger partial charge in [-0.1, -0.05) is 0 Å². The standard InChI is InChI=1S/C7H8N2OS/c10-7(5-1-2-5)9-6-3-8-11-4-6/h3-5H,1-2H2,(H,9,10). The summed E-state index contributed by atoms with van der Waals surface area (Å²) >= 11 is 1.35. The Kier molecular flexibility index (Phi) is 1.62. The monoisotopic (exact) mass is 168 g/mol. The van der Waals surface area contributed by atoms with Gasteiger partial charge in [0, 0.05) is 11.3 Å². The molecule has 11 heavy (non-hydrogen) atoms. The van der Waals surface area contributed by atoms with Crippen LogP contribution in [0.2, 0.25) is 0 Å². The van der Waals surface area contributed by atoms with Gasteiger partial charge in [0.15, 0.2) is 0 Å². The van der Waals surface area contributed by atoms with E-state index in [1.54, 1.807) is 6.20 Å². The first-order valence-corrected chi connectivity index (χ1v) is 4.40. The van der Waals surface area contributed by atoms with E-state index >= 15 is 0 Å². The second kappa shape index (κ2) is 2.62. The Morgan fingerprint density at radius 3 is 3.09 bits per heavy atom. The first kappa shape index (κ1) is 6.79. The topological polar surface area (TPSA) is 42.0 Å². The van der Waals surface area contributed by atoms with Crippen molar-refractivity contribution in [2.75, 3.05) is 5.32 Å². The zero-order valence-corrected chi connectivity index (χ0v) is 6.73. The highest BCUT2D eigenvalue weighted by molar-refractivity contribution is 7.04. The third kappa shape index (κ3) is 1.57. The van der Waals surface area contributed by atoms with E-state index < -0.39 is 0 Å². The molecule has 0 bridgehead atoms. The fraction of sp³-hybridized carbons (Fsp3) is 0.429. The Labute approximate surface area is 68.6 Å². The first-order valence-electron chi connectivity index (χ1n) is 3.56. The minimum absolute atomic E-state index is 0.144. The molecule has 1 fully saturated rings. The summed E-state index contributed by atoms with van der Waals surface area (Å²) in [5.41, 5.74) is 0.826. The van der Waals surface area contributed by atoms with Crippen LogP contribution in [-0.4, -0.2) is 10.3 Å². The summed E-state index contributed by atoms with van der Waals surface area (Å²) in [6.07, 6.45) is 3.76. The Morgan fingerprint density at radius 2 is 2.55 bits per heavy atom. The van der Waals surface area contributed by atoms with Crippen molar-refractivity contribution in [1.82, 2.24) is 4.37 Å². The second-order valence-corrected chi connectivity index (χ2v) is 3.33. The van der Waals surface area contributed by atoms with Crippen LogP contribution >= 0.6 is 11.5 Å². The number of amides is 1. The van der Waals surface area contributed by atoms with E-state index in [4.69, 9.17) is 0 Å². The quantitative estimate of drug-likeness (QED) is 0.727. The number of hydrogen-bond acceptors (Lipinski definition) is 3. The van der Waals surface area contributed by atoms with Crippen LogP contribution in [0.4, 0.5) is 5.69 Å². The molecule has 0 saturated heterocycles. The fourth-order valence-electron chi connectivity index (χ4n) is 0.856. The van der Waals surface area contributed by atoms with Crippen LogP contribution in [0.25, 0.3) is 0 Å². The molecule has 0 unspecified atom stereocenters. The van der Waals surface area contributed by atoms with Crippen LogP contribution in [0.15, 0.2) is 11.6 Å². The molecule has 1 N–H and O–H groups in total. The van der Waals surface area contributed by atoms with E-state index in [2.05, 4.69) is 9.69 Å². The van der Waals surface area contributed by atoms with Gasteiger partial charge in [0.25, 0.3) is 0 Å². The van der Waals surface area contributed by atoms with E-state index in [1.165, 1.54) is 11.5 Å². The molecule has 0 atom stereocenters. The van der Waals surface area contributed by atoms with Crippen LogP contribution < -0.4 is 5.32 Å². The third-order valence-electron chi connectivity index (χ3n) is 1.65. The van der Waals surface area contributed by atoms with Gasteiger partial charge in [0.05, 0.1) is 11.9 Å². The van der Waals surface area contributed by atoms with Crippen molar-refractivity contribution in [3.63, 3.8) is 0 Å². The predicted octanol–water partition coefficient (Wildman–Crippen LogP) is 1.49. The van der Waals surface area contributed by atoms with Gasteiger partial charge in [0.2, 0.25) is 5.91 Å². The largest absolute Gasteiger partial charge is 0.324 e. The highest BCUT2D eigenvalue weighted by atomic mass is 32.1. The molecule has 1 saturated carbocycles. The highest BCUT2D eigenvalue weighted by Crippen LogP contribution is 2.30. The number of nitrogens with zero attached hydrogens (tertiary/aromatic N) is 1. The molecule has 0 aromatic carbocycles. The molecule has 0 spiro atoms. The SMILES string of the molecule is O=C(Nc1cnsc1)C1CC1. The number of carbonyl (C=O) groups excluding carboxylic acids is 1. The Balaban J connectivity index is 1.94. The summed E-state index contributed by atoms with van der Waals surface area (Å²) in [6, 6.07) is 0. The van der Waals surface area contributed by atoms with Crippen LogP contribution in [0.5, 0.6) is 0 Å². The van der Waals surface area contributed by atoms with Crippen molar-refractivity contribution < 1.29 is 4.79 Å². The van der Waals surface area contributed by atoms with Crippen molar-refractivity contribution >= 4 is 23.1 Å². The van der Waals surface area contributed by atoms with Gasteiger partial charge >= 0.3 is 0 Å². The first-order chi connectivity index (χ1) is 5.36. The van der Waals surface area contributed by atoms with E-state index in [-0.39, 0.29) is 11.8 Å². The van der Waals surface area contributed by atoms with Crippen molar-refractivity contribution in [2.45, 2.75) is 12.8 Å². The molecule has 1 aliphatic carbocycles. The van der Waals surface area contributed by atoms with Gasteiger partial charge in [-0.25, -0.2) is 0 Å². The normalized spacial score (nSPS) is 16.4. The van der Waals surface area contributed by atoms with Crippen LogP contribution in [0.1, 0.15) is 12.8 Å². The zero-order valence-electron chi connectivity index (χ0n) is 5.91. The van der Waals surface area contributed by atoms with Crippen molar-refractivity contribution in [3.8, 4) is 0 Å². The molecule has 0 radical (unpaired) electrons. The summed E-state index contributed by atoms with van der Waals surface area (Å²) in [5.74, 6) is 0.417. The minimum atomic E-state index is 0.144. The van der Waals surface area contributed by atoms with E-state index in [0.29, 0.717) is 0 Å². The minimum Gasteiger partial charge on any atom is -0.324 e. The van der Waals surface area contributed by atoms with E-state index in [1.807, 2.05) is 5.38 Å².